The Morgan fingerprint density at radius 1 is 1.43 bits per heavy atom. The zero-order valence-corrected chi connectivity index (χ0v) is 12.0. The normalized spacial score (nSPS) is 30.3. The van der Waals surface area contributed by atoms with Gasteiger partial charge in [-0.3, -0.25) is 9.48 Å². The van der Waals surface area contributed by atoms with Crippen molar-refractivity contribution in [3.63, 3.8) is 0 Å². The fourth-order valence-electron chi connectivity index (χ4n) is 3.80. The smallest absolute Gasteiger partial charge is 0.315 e. The van der Waals surface area contributed by atoms with Gasteiger partial charge in [0.1, 0.15) is 0 Å². The van der Waals surface area contributed by atoms with Crippen molar-refractivity contribution >= 4 is 12.0 Å². The zero-order chi connectivity index (χ0) is 15.0. The molecule has 2 amide bonds. The SMILES string of the molecule is Cn1nccc1CNC(=O)NC1C2CCC(C2)C1C(=O)O. The van der Waals surface area contributed by atoms with Crippen LogP contribution < -0.4 is 10.6 Å². The van der Waals surface area contributed by atoms with Crippen molar-refractivity contribution in [3.8, 4) is 0 Å². The van der Waals surface area contributed by atoms with Gasteiger partial charge in [-0.05, 0) is 37.2 Å². The first-order valence-electron chi connectivity index (χ1n) is 7.30. The number of hydrogen-bond donors (Lipinski definition) is 3. The van der Waals surface area contributed by atoms with Gasteiger partial charge in [0.15, 0.2) is 0 Å². The van der Waals surface area contributed by atoms with E-state index < -0.39 is 11.9 Å². The standard InChI is InChI=1S/C14H20N4O3/c1-18-10(4-5-16-18)7-15-14(21)17-12-9-3-2-8(6-9)11(12)13(19)20/h4-5,8-9,11-12H,2-3,6-7H2,1H3,(H,19,20)(H2,15,17,21). The first-order chi connectivity index (χ1) is 10.1. The molecule has 4 atom stereocenters. The highest BCUT2D eigenvalue weighted by molar-refractivity contribution is 5.77. The number of aromatic nitrogens is 2. The fraction of sp³-hybridized carbons (Fsp3) is 0.643. The van der Waals surface area contributed by atoms with Gasteiger partial charge in [0, 0.05) is 19.3 Å². The van der Waals surface area contributed by atoms with E-state index in [1.807, 2.05) is 13.1 Å². The zero-order valence-electron chi connectivity index (χ0n) is 12.0. The van der Waals surface area contributed by atoms with E-state index in [0.29, 0.717) is 12.5 Å². The van der Waals surface area contributed by atoms with Crippen molar-refractivity contribution in [2.24, 2.45) is 24.8 Å². The number of urea groups is 1. The number of carbonyl (C=O) groups excluding carboxylic acids is 1. The highest BCUT2D eigenvalue weighted by atomic mass is 16.4. The largest absolute Gasteiger partial charge is 0.481 e. The molecule has 114 valence electrons. The van der Waals surface area contributed by atoms with Crippen LogP contribution in [-0.4, -0.2) is 32.9 Å². The van der Waals surface area contributed by atoms with Crippen LogP contribution in [0.15, 0.2) is 12.3 Å². The van der Waals surface area contributed by atoms with E-state index in [4.69, 9.17) is 0 Å². The van der Waals surface area contributed by atoms with E-state index in [0.717, 1.165) is 25.0 Å². The maximum absolute atomic E-state index is 12.0. The van der Waals surface area contributed by atoms with Gasteiger partial charge in [0.25, 0.3) is 0 Å². The number of nitrogens with zero attached hydrogens (tertiary/aromatic N) is 2. The summed E-state index contributed by atoms with van der Waals surface area (Å²) < 4.78 is 1.69. The molecule has 4 unspecified atom stereocenters. The number of fused-ring (bicyclic) bond motifs is 2. The summed E-state index contributed by atoms with van der Waals surface area (Å²) in [6, 6.07) is 1.28. The second-order valence-electron chi connectivity index (χ2n) is 6.00. The molecular formula is C14H20N4O3. The molecule has 3 N–H and O–H groups in total. The van der Waals surface area contributed by atoms with Crippen molar-refractivity contribution in [3.05, 3.63) is 18.0 Å². The molecule has 0 aromatic carbocycles. The van der Waals surface area contributed by atoms with Crippen LogP contribution in [0.3, 0.4) is 0 Å². The molecule has 21 heavy (non-hydrogen) atoms. The maximum Gasteiger partial charge on any atom is 0.315 e. The molecule has 2 bridgehead atoms. The molecule has 2 aliphatic carbocycles. The van der Waals surface area contributed by atoms with Crippen molar-refractivity contribution in [1.29, 1.82) is 0 Å². The second kappa shape index (κ2) is 5.38. The molecule has 0 spiro atoms. The molecule has 2 saturated carbocycles. The van der Waals surface area contributed by atoms with Crippen LogP contribution in [-0.2, 0) is 18.4 Å². The minimum absolute atomic E-state index is 0.217. The molecular weight excluding hydrogens is 272 g/mol. The molecule has 3 rings (SSSR count). The van der Waals surface area contributed by atoms with Crippen molar-refractivity contribution in [2.45, 2.75) is 31.8 Å². The Morgan fingerprint density at radius 3 is 2.86 bits per heavy atom. The average Bonchev–Trinajstić information content (AvgIpc) is 3.12. The number of aliphatic carboxylic acids is 1. The Morgan fingerprint density at radius 2 is 2.19 bits per heavy atom. The Hall–Kier alpha value is -2.05. The highest BCUT2D eigenvalue weighted by Gasteiger charge is 2.51. The van der Waals surface area contributed by atoms with Gasteiger partial charge >= 0.3 is 12.0 Å². The molecule has 1 aromatic heterocycles. The van der Waals surface area contributed by atoms with Gasteiger partial charge in [0.2, 0.25) is 0 Å². The number of carbonyl (C=O) groups is 2. The summed E-state index contributed by atoms with van der Waals surface area (Å²) in [5.41, 5.74) is 0.896. The van der Waals surface area contributed by atoms with E-state index in [1.165, 1.54) is 0 Å². The van der Waals surface area contributed by atoms with E-state index in [1.54, 1.807) is 10.9 Å². The molecule has 1 heterocycles. The molecule has 7 nitrogen and oxygen atoms in total. The van der Waals surface area contributed by atoms with Crippen LogP contribution >= 0.6 is 0 Å². The van der Waals surface area contributed by atoms with Crippen molar-refractivity contribution < 1.29 is 14.7 Å². The number of carboxylic acid groups (broad SMARTS) is 1. The summed E-state index contributed by atoms with van der Waals surface area (Å²) in [5, 5.41) is 19.0. The Balaban J connectivity index is 1.57. The highest BCUT2D eigenvalue weighted by Crippen LogP contribution is 2.48. The summed E-state index contributed by atoms with van der Waals surface area (Å²) in [4.78, 5) is 23.4. The number of rotatable bonds is 4. The third-order valence-corrected chi connectivity index (χ3v) is 4.85. The van der Waals surface area contributed by atoms with Crippen LogP contribution in [0, 0.1) is 17.8 Å². The predicted octanol–water partition coefficient (Wildman–Crippen LogP) is 0.719. The summed E-state index contributed by atoms with van der Waals surface area (Å²) >= 11 is 0. The summed E-state index contributed by atoms with van der Waals surface area (Å²) in [6.07, 6.45) is 4.58. The monoisotopic (exact) mass is 292 g/mol. The maximum atomic E-state index is 12.0. The van der Waals surface area contributed by atoms with E-state index in [9.17, 15) is 14.7 Å². The van der Waals surface area contributed by atoms with Crippen LogP contribution in [0.5, 0.6) is 0 Å². The minimum atomic E-state index is -0.792. The van der Waals surface area contributed by atoms with E-state index >= 15 is 0 Å². The first kappa shape index (κ1) is 13.9. The van der Waals surface area contributed by atoms with Crippen molar-refractivity contribution in [2.75, 3.05) is 0 Å². The molecule has 1 aromatic rings. The van der Waals surface area contributed by atoms with Gasteiger partial charge < -0.3 is 15.7 Å². The van der Waals surface area contributed by atoms with Crippen LogP contribution in [0.2, 0.25) is 0 Å². The third-order valence-electron chi connectivity index (χ3n) is 4.85. The lowest BCUT2D eigenvalue weighted by Gasteiger charge is -2.28. The third kappa shape index (κ3) is 2.59. The Labute approximate surface area is 122 Å². The second-order valence-corrected chi connectivity index (χ2v) is 6.00. The van der Waals surface area contributed by atoms with Gasteiger partial charge in [0.05, 0.1) is 18.2 Å². The molecule has 0 radical (unpaired) electrons. The first-order valence-corrected chi connectivity index (χ1v) is 7.30. The predicted molar refractivity (Wildman–Crippen MR) is 74.3 cm³/mol. The molecule has 2 aliphatic rings. The Bertz CT molecular complexity index is 556. The quantitative estimate of drug-likeness (QED) is 0.762. The lowest BCUT2D eigenvalue weighted by Crippen LogP contribution is -2.50. The summed E-state index contributed by atoms with van der Waals surface area (Å²) in [7, 11) is 1.81. The van der Waals surface area contributed by atoms with E-state index in [2.05, 4.69) is 15.7 Å². The fourth-order valence-corrected chi connectivity index (χ4v) is 3.80. The average molecular weight is 292 g/mol. The number of nitrogens with one attached hydrogen (secondary N) is 2. The molecule has 0 aliphatic heterocycles. The van der Waals surface area contributed by atoms with Gasteiger partial charge in [-0.1, -0.05) is 0 Å². The molecule has 0 saturated heterocycles. The Kier molecular flexibility index (Phi) is 3.57. The van der Waals surface area contributed by atoms with Crippen LogP contribution in [0.25, 0.3) is 0 Å². The molecule has 2 fully saturated rings. The summed E-state index contributed by atoms with van der Waals surface area (Å²) in [6.45, 7) is 0.376. The number of carboxylic acids is 1. The van der Waals surface area contributed by atoms with Gasteiger partial charge in [-0.25, -0.2) is 4.79 Å². The minimum Gasteiger partial charge on any atom is -0.481 e. The van der Waals surface area contributed by atoms with Gasteiger partial charge in [-0.15, -0.1) is 0 Å². The van der Waals surface area contributed by atoms with Crippen LogP contribution in [0.1, 0.15) is 25.0 Å². The van der Waals surface area contributed by atoms with Crippen molar-refractivity contribution in [1.82, 2.24) is 20.4 Å². The summed E-state index contributed by atoms with van der Waals surface area (Å²) in [5.74, 6) is -0.709. The lowest BCUT2D eigenvalue weighted by molar-refractivity contribution is -0.144. The topological polar surface area (TPSA) is 96.3 Å². The lowest BCUT2D eigenvalue weighted by atomic mass is 9.84. The molecule has 7 heteroatoms. The number of amides is 2. The number of hydrogen-bond acceptors (Lipinski definition) is 3. The van der Waals surface area contributed by atoms with E-state index in [-0.39, 0.29) is 18.0 Å². The number of aryl methyl sites for hydroxylation is 1. The van der Waals surface area contributed by atoms with Crippen LogP contribution in [0.4, 0.5) is 4.79 Å². The van der Waals surface area contributed by atoms with Gasteiger partial charge in [-0.2, -0.15) is 5.10 Å².